The molecule has 0 unspecified atom stereocenters. The van der Waals surface area contributed by atoms with Crippen molar-refractivity contribution < 1.29 is 18.0 Å². The summed E-state index contributed by atoms with van der Waals surface area (Å²) >= 11 is 0. The van der Waals surface area contributed by atoms with Crippen molar-refractivity contribution >= 4 is 27.5 Å². The standard InChI is InChI=1S/C17H25N3O4S/c1-17(2,3)18-15(21)11-19(4)16(22)13-6-7-14-12(10-13)8-9-20(14)25(5,23)24/h6-7,10H,8-9,11H2,1-5H3,(H,18,21). The fourth-order valence-electron chi connectivity index (χ4n) is 2.81. The van der Waals surface area contributed by atoms with Gasteiger partial charge in [-0.3, -0.25) is 13.9 Å². The normalized spacial score (nSPS) is 14.2. The number of likely N-dealkylation sites (N-methyl/N-ethyl adjacent to an activating group) is 1. The van der Waals surface area contributed by atoms with E-state index in [0.717, 1.165) is 5.56 Å². The molecular weight excluding hydrogens is 342 g/mol. The predicted octanol–water partition coefficient (Wildman–Crippen LogP) is 0.995. The van der Waals surface area contributed by atoms with Crippen molar-refractivity contribution in [2.75, 3.05) is 30.7 Å². The molecule has 138 valence electrons. The molecule has 1 N–H and O–H groups in total. The monoisotopic (exact) mass is 367 g/mol. The summed E-state index contributed by atoms with van der Waals surface area (Å²) in [4.78, 5) is 25.9. The highest BCUT2D eigenvalue weighted by atomic mass is 32.2. The Labute approximate surface area is 149 Å². The van der Waals surface area contributed by atoms with Gasteiger partial charge < -0.3 is 10.2 Å². The molecule has 1 aromatic carbocycles. The number of carbonyl (C=O) groups is 2. The summed E-state index contributed by atoms with van der Waals surface area (Å²) in [6.45, 7) is 5.97. The SMILES string of the molecule is CN(CC(=O)NC(C)(C)C)C(=O)c1ccc2c(c1)CCN2S(C)(=O)=O. The maximum Gasteiger partial charge on any atom is 0.254 e. The van der Waals surface area contributed by atoms with Crippen molar-refractivity contribution in [3.63, 3.8) is 0 Å². The van der Waals surface area contributed by atoms with Gasteiger partial charge in [0.05, 0.1) is 18.5 Å². The van der Waals surface area contributed by atoms with E-state index in [1.54, 1.807) is 25.2 Å². The van der Waals surface area contributed by atoms with Gasteiger partial charge in [0.25, 0.3) is 5.91 Å². The van der Waals surface area contributed by atoms with Crippen molar-refractivity contribution in [1.82, 2.24) is 10.2 Å². The van der Waals surface area contributed by atoms with Gasteiger partial charge in [0, 0.05) is 24.7 Å². The first-order chi connectivity index (χ1) is 11.4. The zero-order valence-corrected chi connectivity index (χ0v) is 16.1. The molecule has 1 aliphatic heterocycles. The van der Waals surface area contributed by atoms with Crippen LogP contribution in [0, 0.1) is 0 Å². The van der Waals surface area contributed by atoms with Crippen molar-refractivity contribution in [1.29, 1.82) is 0 Å². The number of nitrogens with zero attached hydrogens (tertiary/aromatic N) is 2. The lowest BCUT2D eigenvalue weighted by Crippen LogP contribution is -2.46. The number of hydrogen-bond donors (Lipinski definition) is 1. The second-order valence-corrected chi connectivity index (χ2v) is 9.29. The number of sulfonamides is 1. The lowest BCUT2D eigenvalue weighted by atomic mass is 10.1. The predicted molar refractivity (Wildman–Crippen MR) is 97.2 cm³/mol. The molecular formula is C17H25N3O4S. The summed E-state index contributed by atoms with van der Waals surface area (Å²) in [6, 6.07) is 4.96. The van der Waals surface area contributed by atoms with Crippen molar-refractivity contribution in [2.24, 2.45) is 0 Å². The molecule has 0 aromatic heterocycles. The number of nitrogens with one attached hydrogen (secondary N) is 1. The molecule has 1 aliphatic rings. The van der Waals surface area contributed by atoms with E-state index in [1.807, 2.05) is 20.8 Å². The van der Waals surface area contributed by atoms with Gasteiger partial charge >= 0.3 is 0 Å². The summed E-state index contributed by atoms with van der Waals surface area (Å²) in [7, 11) is -1.74. The summed E-state index contributed by atoms with van der Waals surface area (Å²) in [5.41, 5.74) is 1.53. The number of amides is 2. The Bertz CT molecular complexity index is 797. The van der Waals surface area contributed by atoms with Gasteiger partial charge in [-0.15, -0.1) is 0 Å². The quantitative estimate of drug-likeness (QED) is 0.860. The molecule has 2 amide bonds. The van der Waals surface area contributed by atoms with Crippen LogP contribution >= 0.6 is 0 Å². The van der Waals surface area contributed by atoms with Crippen LogP contribution in [-0.2, 0) is 21.2 Å². The third kappa shape index (κ3) is 4.72. The van der Waals surface area contributed by atoms with Gasteiger partial charge in [0.1, 0.15) is 0 Å². The van der Waals surface area contributed by atoms with E-state index < -0.39 is 10.0 Å². The highest BCUT2D eigenvalue weighted by Gasteiger charge is 2.27. The lowest BCUT2D eigenvalue weighted by Gasteiger charge is -2.23. The number of carbonyl (C=O) groups excluding carboxylic acids is 2. The molecule has 0 bridgehead atoms. The maximum atomic E-state index is 12.5. The average molecular weight is 367 g/mol. The summed E-state index contributed by atoms with van der Waals surface area (Å²) in [6.07, 6.45) is 1.74. The van der Waals surface area contributed by atoms with Gasteiger partial charge in [0.15, 0.2) is 0 Å². The van der Waals surface area contributed by atoms with Crippen LogP contribution in [0.15, 0.2) is 18.2 Å². The minimum absolute atomic E-state index is 0.0390. The van der Waals surface area contributed by atoms with E-state index in [1.165, 1.54) is 15.5 Å². The van der Waals surface area contributed by atoms with Crippen LogP contribution in [0.25, 0.3) is 0 Å². The molecule has 1 heterocycles. The number of hydrogen-bond acceptors (Lipinski definition) is 4. The zero-order chi connectivity index (χ0) is 19.0. The highest BCUT2D eigenvalue weighted by Crippen LogP contribution is 2.30. The molecule has 7 nitrogen and oxygen atoms in total. The Balaban J connectivity index is 2.12. The molecule has 0 aliphatic carbocycles. The van der Waals surface area contributed by atoms with Crippen molar-refractivity contribution in [3.05, 3.63) is 29.3 Å². The minimum Gasteiger partial charge on any atom is -0.350 e. The largest absolute Gasteiger partial charge is 0.350 e. The van der Waals surface area contributed by atoms with Gasteiger partial charge in [-0.05, 0) is 51.0 Å². The first kappa shape index (κ1) is 19.2. The molecule has 1 aromatic rings. The molecule has 0 radical (unpaired) electrons. The second-order valence-electron chi connectivity index (χ2n) is 7.39. The molecule has 25 heavy (non-hydrogen) atoms. The average Bonchev–Trinajstić information content (AvgIpc) is 2.86. The Kier molecular flexibility index (Phi) is 5.13. The van der Waals surface area contributed by atoms with E-state index in [2.05, 4.69) is 5.32 Å². The van der Waals surface area contributed by atoms with Gasteiger partial charge in [-0.1, -0.05) is 0 Å². The van der Waals surface area contributed by atoms with Crippen LogP contribution in [0.2, 0.25) is 0 Å². The zero-order valence-electron chi connectivity index (χ0n) is 15.3. The first-order valence-electron chi connectivity index (χ1n) is 8.05. The Morgan fingerprint density at radius 1 is 1.28 bits per heavy atom. The molecule has 0 fully saturated rings. The Morgan fingerprint density at radius 2 is 1.92 bits per heavy atom. The number of fused-ring (bicyclic) bond motifs is 1. The fraction of sp³-hybridized carbons (Fsp3) is 0.529. The van der Waals surface area contributed by atoms with Crippen LogP contribution in [0.1, 0.15) is 36.7 Å². The van der Waals surface area contributed by atoms with Crippen molar-refractivity contribution in [2.45, 2.75) is 32.7 Å². The molecule has 8 heteroatoms. The highest BCUT2D eigenvalue weighted by molar-refractivity contribution is 7.92. The summed E-state index contributed by atoms with van der Waals surface area (Å²) < 4.78 is 24.9. The first-order valence-corrected chi connectivity index (χ1v) is 9.90. The van der Waals surface area contributed by atoms with Crippen LogP contribution in [-0.4, -0.2) is 57.1 Å². The third-order valence-electron chi connectivity index (χ3n) is 3.82. The smallest absolute Gasteiger partial charge is 0.254 e. The minimum atomic E-state index is -3.31. The van der Waals surface area contributed by atoms with E-state index in [9.17, 15) is 18.0 Å². The van der Waals surface area contributed by atoms with E-state index in [-0.39, 0.29) is 23.9 Å². The molecule has 0 atom stereocenters. The Morgan fingerprint density at radius 3 is 2.48 bits per heavy atom. The molecule has 0 saturated carbocycles. The van der Waals surface area contributed by atoms with Gasteiger partial charge in [0.2, 0.25) is 15.9 Å². The van der Waals surface area contributed by atoms with Crippen LogP contribution < -0.4 is 9.62 Å². The van der Waals surface area contributed by atoms with Crippen LogP contribution in [0.4, 0.5) is 5.69 Å². The number of benzene rings is 1. The second kappa shape index (κ2) is 6.67. The van der Waals surface area contributed by atoms with Crippen LogP contribution in [0.5, 0.6) is 0 Å². The lowest BCUT2D eigenvalue weighted by molar-refractivity contribution is -0.122. The number of anilines is 1. The van der Waals surface area contributed by atoms with E-state index >= 15 is 0 Å². The van der Waals surface area contributed by atoms with Gasteiger partial charge in [-0.25, -0.2) is 8.42 Å². The van der Waals surface area contributed by atoms with Gasteiger partial charge in [-0.2, -0.15) is 0 Å². The maximum absolute atomic E-state index is 12.5. The van der Waals surface area contributed by atoms with E-state index in [4.69, 9.17) is 0 Å². The molecule has 0 spiro atoms. The summed E-state index contributed by atoms with van der Waals surface area (Å²) in [5.74, 6) is -0.502. The topological polar surface area (TPSA) is 86.8 Å². The summed E-state index contributed by atoms with van der Waals surface area (Å²) in [5, 5.41) is 2.81. The van der Waals surface area contributed by atoms with E-state index in [0.29, 0.717) is 24.2 Å². The molecule has 2 rings (SSSR count). The van der Waals surface area contributed by atoms with Crippen LogP contribution in [0.3, 0.4) is 0 Å². The molecule has 0 saturated heterocycles. The van der Waals surface area contributed by atoms with Crippen molar-refractivity contribution in [3.8, 4) is 0 Å². The third-order valence-corrected chi connectivity index (χ3v) is 5.00. The number of rotatable bonds is 4. The fourth-order valence-corrected chi connectivity index (χ4v) is 3.77. The Hall–Kier alpha value is -2.09.